The Labute approximate surface area is 129 Å². The molecule has 0 unspecified atom stereocenters. The van der Waals surface area contributed by atoms with E-state index in [1.807, 2.05) is 0 Å². The van der Waals surface area contributed by atoms with Crippen molar-refractivity contribution < 1.29 is 22.1 Å². The van der Waals surface area contributed by atoms with Crippen LogP contribution in [0.15, 0.2) is 43.0 Å². The van der Waals surface area contributed by atoms with E-state index in [-0.39, 0.29) is 10.9 Å². The molecule has 22 heavy (non-hydrogen) atoms. The molecule has 0 heterocycles. The van der Waals surface area contributed by atoms with E-state index in [9.17, 15) is 22.6 Å². The first kappa shape index (κ1) is 18.0. The minimum atomic E-state index is -4.57. The standard InChI is InChI=1S/C14H17NO6Se/c1-3-9-14(15(17)18,13(16)21-2)10-11-22(19,20)12-7-5-4-6-8-12/h3-8H,1,9-11H2,2H3/t14-/m0/s1. The van der Waals surface area contributed by atoms with Crippen molar-refractivity contribution >= 4 is 23.1 Å². The number of carbonyl (C=O) groups is 1. The summed E-state index contributed by atoms with van der Waals surface area (Å²) in [6.45, 7) is 3.39. The Morgan fingerprint density at radius 2 is 2.00 bits per heavy atom. The molecule has 1 rings (SSSR count). The van der Waals surface area contributed by atoms with Crippen molar-refractivity contribution in [2.45, 2.75) is 23.7 Å². The van der Waals surface area contributed by atoms with Crippen LogP contribution in [0.1, 0.15) is 12.8 Å². The van der Waals surface area contributed by atoms with E-state index in [0.29, 0.717) is 0 Å². The first-order valence-electron chi connectivity index (χ1n) is 6.42. The normalized spacial score (nSPS) is 13.9. The number of nitrogens with zero attached hydrogens (tertiary/aromatic N) is 1. The van der Waals surface area contributed by atoms with Gasteiger partial charge in [-0.15, -0.1) is 0 Å². The van der Waals surface area contributed by atoms with Crippen molar-refractivity contribution in [2.24, 2.45) is 0 Å². The molecule has 0 aromatic heterocycles. The number of methoxy groups -OCH3 is 1. The first-order chi connectivity index (χ1) is 10.3. The molecule has 0 saturated heterocycles. The molecule has 7 nitrogen and oxygen atoms in total. The van der Waals surface area contributed by atoms with Crippen LogP contribution in [0, 0.1) is 10.1 Å². The molecule has 0 aliphatic heterocycles. The van der Waals surface area contributed by atoms with E-state index in [0.717, 1.165) is 7.11 Å². The predicted molar refractivity (Wildman–Crippen MR) is 79.2 cm³/mol. The second-order valence-corrected chi connectivity index (χ2v) is 9.08. The summed E-state index contributed by atoms with van der Waals surface area (Å²) in [5.41, 5.74) is -2.12. The number of nitro groups is 1. The zero-order chi connectivity index (χ0) is 16.8. The van der Waals surface area contributed by atoms with Crippen LogP contribution in [-0.2, 0) is 17.2 Å². The van der Waals surface area contributed by atoms with Crippen molar-refractivity contribution in [3.8, 4) is 0 Å². The van der Waals surface area contributed by atoms with Crippen LogP contribution in [-0.4, -0.2) is 36.3 Å². The van der Waals surface area contributed by atoms with Gasteiger partial charge in [0.05, 0.1) is 0 Å². The van der Waals surface area contributed by atoms with Gasteiger partial charge in [0.15, 0.2) is 0 Å². The van der Waals surface area contributed by atoms with Gasteiger partial charge >= 0.3 is 129 Å². The molecular weight excluding hydrogens is 357 g/mol. The second-order valence-electron chi connectivity index (χ2n) is 4.65. The van der Waals surface area contributed by atoms with Gasteiger partial charge in [-0.1, -0.05) is 0 Å². The van der Waals surface area contributed by atoms with Gasteiger partial charge < -0.3 is 0 Å². The predicted octanol–water partition coefficient (Wildman–Crippen LogP) is 1.35. The van der Waals surface area contributed by atoms with Gasteiger partial charge in [-0.3, -0.25) is 0 Å². The average molecular weight is 374 g/mol. The number of ether oxygens (including phenoxy) is 1. The second kappa shape index (κ2) is 7.28. The van der Waals surface area contributed by atoms with Crippen LogP contribution in [0.2, 0.25) is 5.32 Å². The van der Waals surface area contributed by atoms with E-state index in [1.165, 1.54) is 18.2 Å². The summed E-state index contributed by atoms with van der Waals surface area (Å²) in [6, 6.07) is 7.67. The van der Waals surface area contributed by atoms with Crippen molar-refractivity contribution in [3.05, 3.63) is 53.1 Å². The minimum absolute atomic E-state index is 0.125. The molecular formula is C14H17NO6Se. The first-order valence-corrected chi connectivity index (χ1v) is 9.88. The maximum absolute atomic E-state index is 12.3. The van der Waals surface area contributed by atoms with Crippen LogP contribution < -0.4 is 4.46 Å². The third-order valence-electron chi connectivity index (χ3n) is 3.28. The summed E-state index contributed by atoms with van der Waals surface area (Å²) in [5, 5.41) is 10.9. The van der Waals surface area contributed by atoms with E-state index in [1.54, 1.807) is 18.2 Å². The molecule has 0 N–H and O–H groups in total. The Bertz CT molecular complexity index is 655. The van der Waals surface area contributed by atoms with Gasteiger partial charge in [-0.25, -0.2) is 0 Å². The summed E-state index contributed by atoms with van der Waals surface area (Å²) in [5.74, 6) is -1.07. The number of rotatable bonds is 8. The van der Waals surface area contributed by atoms with Crippen LogP contribution in [0.3, 0.4) is 0 Å². The summed E-state index contributed by atoms with van der Waals surface area (Å²) >= 11 is -4.57. The molecule has 0 radical (unpaired) electrons. The Balaban J connectivity index is 3.08. The summed E-state index contributed by atoms with van der Waals surface area (Å²) in [4.78, 5) is 22.4. The molecule has 0 bridgehead atoms. The number of hydrogen-bond donors (Lipinski definition) is 0. The molecule has 0 aliphatic carbocycles. The zero-order valence-corrected chi connectivity index (χ0v) is 13.8. The van der Waals surface area contributed by atoms with Crippen LogP contribution in [0.5, 0.6) is 0 Å². The molecule has 1 aromatic rings. The monoisotopic (exact) mass is 375 g/mol. The van der Waals surface area contributed by atoms with E-state index in [2.05, 4.69) is 11.3 Å². The molecule has 0 saturated carbocycles. The van der Waals surface area contributed by atoms with Crippen LogP contribution >= 0.6 is 0 Å². The number of benzene rings is 1. The Kier molecular flexibility index (Phi) is 5.96. The fraction of sp³-hybridized carbons (Fsp3) is 0.357. The fourth-order valence-corrected chi connectivity index (χ4v) is 4.97. The van der Waals surface area contributed by atoms with Crippen molar-refractivity contribution in [1.82, 2.24) is 0 Å². The fourth-order valence-electron chi connectivity index (χ4n) is 2.01. The Morgan fingerprint density at radius 3 is 2.45 bits per heavy atom. The van der Waals surface area contributed by atoms with Gasteiger partial charge in [0, 0.05) is 0 Å². The summed E-state index contributed by atoms with van der Waals surface area (Å²) < 4.78 is 29.2. The number of hydrogen-bond acceptors (Lipinski definition) is 6. The van der Waals surface area contributed by atoms with Crippen molar-refractivity contribution in [3.63, 3.8) is 0 Å². The Morgan fingerprint density at radius 1 is 1.41 bits per heavy atom. The Hall–Kier alpha value is -2.05. The molecule has 0 fully saturated rings. The summed E-state index contributed by atoms with van der Waals surface area (Å²) in [6.07, 6.45) is 0.457. The van der Waals surface area contributed by atoms with Gasteiger partial charge in [0.25, 0.3) is 0 Å². The molecule has 1 aromatic carbocycles. The van der Waals surface area contributed by atoms with Crippen LogP contribution in [0.25, 0.3) is 0 Å². The molecule has 1 atom stereocenters. The van der Waals surface area contributed by atoms with E-state index in [4.69, 9.17) is 0 Å². The molecule has 120 valence electrons. The van der Waals surface area contributed by atoms with Gasteiger partial charge in [0.2, 0.25) is 0 Å². The van der Waals surface area contributed by atoms with Crippen LogP contribution in [0.4, 0.5) is 0 Å². The number of esters is 1. The van der Waals surface area contributed by atoms with Crippen molar-refractivity contribution in [1.29, 1.82) is 0 Å². The van der Waals surface area contributed by atoms with Gasteiger partial charge in [0.1, 0.15) is 0 Å². The maximum atomic E-state index is 12.3. The van der Waals surface area contributed by atoms with E-state index < -0.39 is 40.9 Å². The third kappa shape index (κ3) is 3.78. The molecule has 8 heteroatoms. The van der Waals surface area contributed by atoms with Gasteiger partial charge in [-0.2, -0.15) is 0 Å². The summed E-state index contributed by atoms with van der Waals surface area (Å²) in [7, 11) is 1.03. The SMILES string of the molecule is C=CC[C@](CC[Se](=O)(=O)c1ccccc1)(C(=O)OC)[N+](=O)[O-]. The molecule has 0 spiro atoms. The molecule has 0 aliphatic rings. The zero-order valence-electron chi connectivity index (χ0n) is 12.1. The quantitative estimate of drug-likeness (QED) is 0.224. The van der Waals surface area contributed by atoms with Crippen molar-refractivity contribution in [2.75, 3.05) is 7.11 Å². The topological polar surface area (TPSA) is 104 Å². The number of carbonyl (C=O) groups excluding carboxylic acids is 1. The third-order valence-corrected chi connectivity index (χ3v) is 6.92. The van der Waals surface area contributed by atoms with E-state index >= 15 is 0 Å². The average Bonchev–Trinajstić information content (AvgIpc) is 2.51. The molecule has 0 amide bonds. The van der Waals surface area contributed by atoms with Gasteiger partial charge in [-0.05, 0) is 0 Å².